The van der Waals surface area contributed by atoms with Crippen molar-refractivity contribution in [3.8, 4) is 6.07 Å². The molecular formula is C29H31FN8O. The number of pyridine rings is 1. The Balaban J connectivity index is 1.49. The van der Waals surface area contributed by atoms with E-state index in [4.69, 9.17) is 5.10 Å². The first-order chi connectivity index (χ1) is 18.5. The highest BCUT2D eigenvalue weighted by Crippen LogP contribution is 2.26. The second-order valence-electron chi connectivity index (χ2n) is 10.7. The van der Waals surface area contributed by atoms with Crippen LogP contribution in [-0.2, 0) is 23.8 Å². The number of carbonyl (C=O) groups excluding carboxylic acids is 1. The largest absolute Gasteiger partial charge is 0.324 e. The molecule has 39 heavy (non-hydrogen) atoms. The Morgan fingerprint density at radius 1 is 1.03 bits per heavy atom. The molecule has 0 spiro atoms. The van der Waals surface area contributed by atoms with Crippen molar-refractivity contribution >= 4 is 23.2 Å². The van der Waals surface area contributed by atoms with E-state index in [1.165, 1.54) is 18.3 Å². The average molecular weight is 527 g/mol. The Hall–Kier alpha value is -4.65. The lowest BCUT2D eigenvalue weighted by Gasteiger charge is -2.22. The lowest BCUT2D eigenvalue weighted by molar-refractivity contribution is 0.102. The molecule has 10 heteroatoms. The van der Waals surface area contributed by atoms with Gasteiger partial charge < -0.3 is 10.6 Å². The third-order valence-corrected chi connectivity index (χ3v) is 6.11. The molecule has 4 rings (SSSR count). The van der Waals surface area contributed by atoms with Crippen molar-refractivity contribution in [3.05, 3.63) is 89.5 Å². The van der Waals surface area contributed by atoms with Crippen LogP contribution in [0.4, 0.5) is 21.7 Å². The van der Waals surface area contributed by atoms with E-state index in [1.807, 2.05) is 31.5 Å². The molecule has 1 aromatic carbocycles. The van der Waals surface area contributed by atoms with E-state index in [0.29, 0.717) is 41.2 Å². The van der Waals surface area contributed by atoms with Crippen LogP contribution in [0.2, 0.25) is 0 Å². The molecule has 0 unspecified atom stereocenters. The highest BCUT2D eigenvalue weighted by molar-refractivity contribution is 6.04. The Labute approximate surface area is 227 Å². The summed E-state index contributed by atoms with van der Waals surface area (Å²) in [6.07, 6.45) is 7.22. The maximum absolute atomic E-state index is 14.7. The van der Waals surface area contributed by atoms with Crippen molar-refractivity contribution in [3.63, 3.8) is 0 Å². The zero-order valence-electron chi connectivity index (χ0n) is 22.7. The highest BCUT2D eigenvalue weighted by atomic mass is 19.1. The fraction of sp³-hybridized carbons (Fsp3) is 0.310. The second-order valence-corrected chi connectivity index (χ2v) is 10.7. The van der Waals surface area contributed by atoms with Gasteiger partial charge in [-0.25, -0.2) is 14.1 Å². The van der Waals surface area contributed by atoms with Gasteiger partial charge in [0.1, 0.15) is 17.5 Å². The highest BCUT2D eigenvalue weighted by Gasteiger charge is 2.23. The number of rotatable bonds is 8. The van der Waals surface area contributed by atoms with Crippen LogP contribution < -0.4 is 10.6 Å². The van der Waals surface area contributed by atoms with Gasteiger partial charge in [-0.1, -0.05) is 0 Å². The number of nitriles is 1. The first kappa shape index (κ1) is 27.4. The molecule has 0 bridgehead atoms. The standard InChI is InChI=1S/C29H31FN8O/c1-28(2,3)38-26(36-25-17-32-12-13-34-25)16-22(37-38)7-6-19-14-21(8-9-23(19)30)35-27(39)20-10-11-33-24(15-20)29(4,5)18-31/h8-17H,6-7H2,1-5H3,(H,34,36)(H,35,39). The molecular weight excluding hydrogens is 495 g/mol. The van der Waals surface area contributed by atoms with Crippen LogP contribution in [0.25, 0.3) is 0 Å². The number of benzene rings is 1. The first-order valence-electron chi connectivity index (χ1n) is 12.6. The predicted molar refractivity (Wildman–Crippen MR) is 147 cm³/mol. The van der Waals surface area contributed by atoms with E-state index in [-0.39, 0.29) is 17.3 Å². The van der Waals surface area contributed by atoms with Gasteiger partial charge in [0, 0.05) is 35.9 Å². The molecule has 0 aliphatic rings. The number of aryl methyl sites for hydroxylation is 2. The molecule has 0 aliphatic heterocycles. The Morgan fingerprint density at radius 3 is 2.51 bits per heavy atom. The fourth-order valence-electron chi connectivity index (χ4n) is 3.93. The van der Waals surface area contributed by atoms with Crippen LogP contribution >= 0.6 is 0 Å². The number of hydrogen-bond donors (Lipinski definition) is 2. The molecule has 0 radical (unpaired) electrons. The lowest BCUT2D eigenvalue weighted by Crippen LogP contribution is -2.24. The molecule has 0 fully saturated rings. The number of aromatic nitrogens is 5. The molecule has 0 atom stereocenters. The quantitative estimate of drug-likeness (QED) is 0.309. The first-order valence-corrected chi connectivity index (χ1v) is 12.6. The number of halogens is 1. The van der Waals surface area contributed by atoms with Gasteiger partial charge in [-0.2, -0.15) is 10.4 Å². The molecule has 0 saturated heterocycles. The van der Waals surface area contributed by atoms with E-state index < -0.39 is 5.41 Å². The molecule has 3 aromatic heterocycles. The van der Waals surface area contributed by atoms with Crippen LogP contribution in [0.5, 0.6) is 0 Å². The van der Waals surface area contributed by atoms with Gasteiger partial charge >= 0.3 is 0 Å². The third kappa shape index (κ3) is 6.62. The van der Waals surface area contributed by atoms with Gasteiger partial charge in [-0.15, -0.1) is 0 Å². The van der Waals surface area contributed by atoms with E-state index in [9.17, 15) is 14.4 Å². The number of anilines is 3. The van der Waals surface area contributed by atoms with Crippen molar-refractivity contribution in [1.29, 1.82) is 5.26 Å². The smallest absolute Gasteiger partial charge is 0.255 e. The summed E-state index contributed by atoms with van der Waals surface area (Å²) in [6, 6.07) is 11.8. The van der Waals surface area contributed by atoms with Crippen molar-refractivity contribution < 1.29 is 9.18 Å². The fourth-order valence-corrected chi connectivity index (χ4v) is 3.93. The predicted octanol–water partition coefficient (Wildman–Crippen LogP) is 5.54. The van der Waals surface area contributed by atoms with Gasteiger partial charge in [0.25, 0.3) is 5.91 Å². The van der Waals surface area contributed by atoms with Gasteiger partial charge in [0.2, 0.25) is 0 Å². The van der Waals surface area contributed by atoms with E-state index >= 15 is 0 Å². The summed E-state index contributed by atoms with van der Waals surface area (Å²) in [7, 11) is 0. The average Bonchev–Trinajstić information content (AvgIpc) is 3.32. The molecule has 0 aliphatic carbocycles. The number of carbonyl (C=O) groups is 1. The minimum atomic E-state index is -0.830. The maximum atomic E-state index is 14.7. The Morgan fingerprint density at radius 2 is 1.82 bits per heavy atom. The van der Waals surface area contributed by atoms with Crippen molar-refractivity contribution in [2.24, 2.45) is 0 Å². The van der Waals surface area contributed by atoms with Crippen LogP contribution in [0.1, 0.15) is 61.9 Å². The topological polar surface area (TPSA) is 121 Å². The van der Waals surface area contributed by atoms with Crippen molar-refractivity contribution in [1.82, 2.24) is 24.7 Å². The molecule has 2 N–H and O–H groups in total. The van der Waals surface area contributed by atoms with Gasteiger partial charge in [0.05, 0.1) is 34.6 Å². The lowest BCUT2D eigenvalue weighted by atomic mass is 9.90. The summed E-state index contributed by atoms with van der Waals surface area (Å²) >= 11 is 0. The summed E-state index contributed by atoms with van der Waals surface area (Å²) < 4.78 is 16.6. The molecule has 1 amide bonds. The Bertz CT molecular complexity index is 1520. The molecule has 200 valence electrons. The monoisotopic (exact) mass is 526 g/mol. The van der Waals surface area contributed by atoms with Gasteiger partial charge in [-0.3, -0.25) is 14.8 Å². The zero-order valence-corrected chi connectivity index (χ0v) is 22.7. The summed E-state index contributed by atoms with van der Waals surface area (Å²) in [6.45, 7) is 9.62. The van der Waals surface area contributed by atoms with Gasteiger partial charge in [-0.05, 0) is 83.4 Å². The summed E-state index contributed by atoms with van der Waals surface area (Å²) in [5.74, 6) is 0.633. The minimum absolute atomic E-state index is 0.298. The number of amides is 1. The van der Waals surface area contributed by atoms with E-state index in [1.54, 1.807) is 50.6 Å². The van der Waals surface area contributed by atoms with E-state index in [2.05, 4.69) is 31.7 Å². The molecule has 3 heterocycles. The maximum Gasteiger partial charge on any atom is 0.255 e. The summed E-state index contributed by atoms with van der Waals surface area (Å²) in [5, 5.41) is 20.2. The summed E-state index contributed by atoms with van der Waals surface area (Å²) in [4.78, 5) is 25.5. The van der Waals surface area contributed by atoms with Crippen molar-refractivity contribution in [2.75, 3.05) is 10.6 Å². The van der Waals surface area contributed by atoms with Crippen LogP contribution in [-0.4, -0.2) is 30.6 Å². The number of nitrogens with one attached hydrogen (secondary N) is 2. The van der Waals surface area contributed by atoms with E-state index in [0.717, 1.165) is 11.5 Å². The SMILES string of the molecule is CC(C)(C#N)c1cc(C(=O)Nc2ccc(F)c(CCc3cc(Nc4cnccn4)n(C(C)(C)C)n3)c2)ccn1. The third-order valence-electron chi connectivity index (χ3n) is 6.11. The number of nitrogens with zero attached hydrogens (tertiary/aromatic N) is 6. The summed E-state index contributed by atoms with van der Waals surface area (Å²) in [5.41, 5.74) is 1.46. The van der Waals surface area contributed by atoms with Gasteiger partial charge in [0.15, 0.2) is 0 Å². The molecule has 9 nitrogen and oxygen atoms in total. The Kier molecular flexibility index (Phi) is 7.72. The number of hydrogen-bond acceptors (Lipinski definition) is 7. The van der Waals surface area contributed by atoms with Crippen LogP contribution in [0.15, 0.2) is 61.2 Å². The second kappa shape index (κ2) is 11.0. The molecule has 4 aromatic rings. The zero-order chi connectivity index (χ0) is 28.2. The minimum Gasteiger partial charge on any atom is -0.324 e. The normalized spacial score (nSPS) is 11.6. The van der Waals surface area contributed by atoms with Crippen molar-refractivity contribution in [2.45, 2.75) is 58.4 Å². The van der Waals surface area contributed by atoms with Crippen LogP contribution in [0, 0.1) is 17.1 Å². The van der Waals surface area contributed by atoms with Crippen LogP contribution in [0.3, 0.4) is 0 Å². The molecule has 0 saturated carbocycles.